The van der Waals surface area contributed by atoms with Crippen LogP contribution in [-0.4, -0.2) is 25.1 Å². The molecule has 16 heavy (non-hydrogen) atoms. The van der Waals surface area contributed by atoms with E-state index in [1.807, 2.05) is 7.05 Å². The van der Waals surface area contributed by atoms with Gasteiger partial charge in [-0.05, 0) is 31.1 Å². The molecule has 0 bridgehead atoms. The molecule has 0 aromatic carbocycles. The smallest absolute Gasteiger partial charge is 0.191 e. The minimum atomic E-state index is 0. The molecule has 0 saturated heterocycles. The first-order valence-electron chi connectivity index (χ1n) is 6.36. The van der Waals surface area contributed by atoms with Crippen LogP contribution in [0.4, 0.5) is 0 Å². The average Bonchev–Trinajstić information content (AvgIpc) is 3.00. The van der Waals surface area contributed by atoms with Crippen LogP contribution in [0.2, 0.25) is 0 Å². The van der Waals surface area contributed by atoms with E-state index in [1.165, 1.54) is 38.5 Å². The molecule has 3 saturated carbocycles. The normalized spacial score (nSPS) is 33.7. The Kier molecular flexibility index (Phi) is 3.97. The van der Waals surface area contributed by atoms with Gasteiger partial charge in [0.15, 0.2) is 5.96 Å². The zero-order valence-electron chi connectivity index (χ0n) is 9.91. The molecule has 2 N–H and O–H groups in total. The van der Waals surface area contributed by atoms with E-state index in [1.54, 1.807) is 0 Å². The zero-order valence-corrected chi connectivity index (χ0v) is 12.2. The van der Waals surface area contributed by atoms with Crippen LogP contribution in [0, 0.1) is 11.8 Å². The molecule has 3 aliphatic carbocycles. The molecule has 0 amide bonds. The molecule has 2 atom stereocenters. The monoisotopic (exact) mass is 335 g/mol. The van der Waals surface area contributed by atoms with Gasteiger partial charge in [-0.25, -0.2) is 0 Å². The summed E-state index contributed by atoms with van der Waals surface area (Å²) in [6.07, 6.45) is 8.41. The maximum Gasteiger partial charge on any atom is 0.191 e. The lowest BCUT2D eigenvalue weighted by Crippen LogP contribution is -2.40. The summed E-state index contributed by atoms with van der Waals surface area (Å²) in [6, 6.07) is 1.43. The van der Waals surface area contributed by atoms with Gasteiger partial charge in [0, 0.05) is 19.1 Å². The Morgan fingerprint density at radius 2 is 1.88 bits per heavy atom. The van der Waals surface area contributed by atoms with Crippen LogP contribution < -0.4 is 10.6 Å². The molecule has 3 rings (SSSR count). The standard InChI is InChI=1S/C12H21N3.HI/c1-13-12(14-9-5-6-9)15-11-7-10(11)8-3-2-4-8;/h8-11H,2-7H2,1H3,(H2,13,14,15);1H/t10-,11+;/m0./s1. The summed E-state index contributed by atoms with van der Waals surface area (Å²) in [4.78, 5) is 4.28. The van der Waals surface area contributed by atoms with Crippen molar-refractivity contribution in [2.75, 3.05) is 7.05 Å². The summed E-state index contributed by atoms with van der Waals surface area (Å²) >= 11 is 0. The largest absolute Gasteiger partial charge is 0.354 e. The molecular weight excluding hydrogens is 313 g/mol. The number of nitrogens with one attached hydrogen (secondary N) is 2. The number of aliphatic imine (C=N–C) groups is 1. The van der Waals surface area contributed by atoms with Gasteiger partial charge in [0.2, 0.25) is 0 Å². The Balaban J connectivity index is 0.000000963. The minimum absolute atomic E-state index is 0. The lowest BCUT2D eigenvalue weighted by molar-refractivity contribution is 0.271. The van der Waals surface area contributed by atoms with E-state index in [-0.39, 0.29) is 24.0 Å². The molecule has 0 aromatic rings. The Morgan fingerprint density at radius 1 is 1.12 bits per heavy atom. The minimum Gasteiger partial charge on any atom is -0.354 e. The third-order valence-electron chi connectivity index (χ3n) is 4.06. The number of hydrogen-bond donors (Lipinski definition) is 2. The van der Waals surface area contributed by atoms with Gasteiger partial charge in [-0.2, -0.15) is 0 Å². The van der Waals surface area contributed by atoms with Crippen molar-refractivity contribution in [3.05, 3.63) is 0 Å². The van der Waals surface area contributed by atoms with Crippen LogP contribution in [0.3, 0.4) is 0 Å². The second-order valence-corrected chi connectivity index (χ2v) is 5.33. The average molecular weight is 335 g/mol. The first-order valence-corrected chi connectivity index (χ1v) is 6.36. The van der Waals surface area contributed by atoms with Gasteiger partial charge in [-0.1, -0.05) is 19.3 Å². The fourth-order valence-electron chi connectivity index (χ4n) is 2.54. The van der Waals surface area contributed by atoms with Crippen LogP contribution >= 0.6 is 24.0 Å². The summed E-state index contributed by atoms with van der Waals surface area (Å²) < 4.78 is 0. The molecule has 0 radical (unpaired) electrons. The summed E-state index contributed by atoms with van der Waals surface area (Å²) in [6.45, 7) is 0. The van der Waals surface area contributed by atoms with Crippen molar-refractivity contribution in [1.82, 2.24) is 10.6 Å². The molecule has 3 fully saturated rings. The van der Waals surface area contributed by atoms with Crippen LogP contribution in [0.15, 0.2) is 4.99 Å². The highest BCUT2D eigenvalue weighted by Crippen LogP contribution is 2.46. The summed E-state index contributed by atoms with van der Waals surface area (Å²) in [7, 11) is 1.87. The Hall–Kier alpha value is 0. The van der Waals surface area contributed by atoms with E-state index in [9.17, 15) is 0 Å². The first kappa shape index (κ1) is 12.5. The third kappa shape index (κ3) is 2.81. The molecule has 0 spiro atoms. The molecule has 3 nitrogen and oxygen atoms in total. The first-order chi connectivity index (χ1) is 7.36. The summed E-state index contributed by atoms with van der Waals surface area (Å²) in [5.41, 5.74) is 0. The lowest BCUT2D eigenvalue weighted by Gasteiger charge is -2.25. The highest BCUT2D eigenvalue weighted by atomic mass is 127. The van der Waals surface area contributed by atoms with E-state index >= 15 is 0 Å². The predicted octanol–water partition coefficient (Wildman–Crippen LogP) is 2.12. The van der Waals surface area contributed by atoms with Crippen molar-refractivity contribution in [3.63, 3.8) is 0 Å². The number of rotatable bonds is 3. The van der Waals surface area contributed by atoms with Crippen LogP contribution in [-0.2, 0) is 0 Å². The van der Waals surface area contributed by atoms with Gasteiger partial charge >= 0.3 is 0 Å². The predicted molar refractivity (Wildman–Crippen MR) is 77.3 cm³/mol. The molecule has 0 aliphatic heterocycles. The SMILES string of the molecule is CN=C(NC1CC1)N[C@@H]1C[C@H]1C1CCC1.I. The third-order valence-corrected chi connectivity index (χ3v) is 4.06. The van der Waals surface area contributed by atoms with Gasteiger partial charge in [-0.15, -0.1) is 24.0 Å². The zero-order chi connectivity index (χ0) is 10.3. The van der Waals surface area contributed by atoms with Crippen LogP contribution in [0.25, 0.3) is 0 Å². The maximum atomic E-state index is 4.28. The maximum absolute atomic E-state index is 4.28. The van der Waals surface area contributed by atoms with Crippen LogP contribution in [0.5, 0.6) is 0 Å². The van der Waals surface area contributed by atoms with Gasteiger partial charge < -0.3 is 10.6 Å². The molecule has 4 heteroatoms. The van der Waals surface area contributed by atoms with E-state index in [0.717, 1.165) is 23.8 Å². The Morgan fingerprint density at radius 3 is 2.38 bits per heavy atom. The van der Waals surface area contributed by atoms with Gasteiger partial charge in [0.25, 0.3) is 0 Å². The highest BCUT2D eigenvalue weighted by Gasteiger charge is 2.45. The Labute approximate surface area is 115 Å². The number of guanidine groups is 1. The van der Waals surface area contributed by atoms with Crippen molar-refractivity contribution in [3.8, 4) is 0 Å². The molecule has 3 aliphatic rings. The Bertz CT molecular complexity index is 271. The van der Waals surface area contributed by atoms with Crippen LogP contribution in [0.1, 0.15) is 38.5 Å². The van der Waals surface area contributed by atoms with E-state index in [4.69, 9.17) is 0 Å². The van der Waals surface area contributed by atoms with E-state index < -0.39 is 0 Å². The summed E-state index contributed by atoms with van der Waals surface area (Å²) in [5.74, 6) is 3.02. The van der Waals surface area contributed by atoms with Gasteiger partial charge in [0.05, 0.1) is 0 Å². The quantitative estimate of drug-likeness (QED) is 0.471. The fraction of sp³-hybridized carbons (Fsp3) is 0.917. The molecule has 92 valence electrons. The van der Waals surface area contributed by atoms with Gasteiger partial charge in [0.1, 0.15) is 0 Å². The number of hydrogen-bond acceptors (Lipinski definition) is 1. The van der Waals surface area contributed by atoms with Gasteiger partial charge in [-0.3, -0.25) is 4.99 Å². The molecule has 0 aromatic heterocycles. The van der Waals surface area contributed by atoms with E-state index in [2.05, 4.69) is 15.6 Å². The fourth-order valence-corrected chi connectivity index (χ4v) is 2.54. The van der Waals surface area contributed by atoms with E-state index in [0.29, 0.717) is 6.04 Å². The van der Waals surface area contributed by atoms with Crippen molar-refractivity contribution in [1.29, 1.82) is 0 Å². The second kappa shape index (κ2) is 5.10. The molecular formula is C12H22IN3. The van der Waals surface area contributed by atoms with Crippen molar-refractivity contribution in [2.24, 2.45) is 16.8 Å². The topological polar surface area (TPSA) is 36.4 Å². The van der Waals surface area contributed by atoms with Crippen molar-refractivity contribution >= 4 is 29.9 Å². The molecule has 0 unspecified atom stereocenters. The lowest BCUT2D eigenvalue weighted by atomic mass is 9.81. The van der Waals surface area contributed by atoms with Crippen molar-refractivity contribution < 1.29 is 0 Å². The molecule has 0 heterocycles. The number of nitrogens with zero attached hydrogens (tertiary/aromatic N) is 1. The summed E-state index contributed by atoms with van der Waals surface area (Å²) in [5, 5.41) is 7.00. The highest BCUT2D eigenvalue weighted by molar-refractivity contribution is 14.0. The second-order valence-electron chi connectivity index (χ2n) is 5.33. The van der Waals surface area contributed by atoms with Crippen molar-refractivity contribution in [2.45, 2.75) is 50.6 Å². The number of halogens is 1.